The van der Waals surface area contributed by atoms with E-state index in [1.165, 1.54) is 17.3 Å². The molecular formula is C10H9N5S3. The van der Waals surface area contributed by atoms with E-state index in [4.69, 9.17) is 5.73 Å². The van der Waals surface area contributed by atoms with Gasteiger partial charge in [0.1, 0.15) is 5.01 Å². The fraction of sp³-hybridized carbons (Fsp3) is 0.100. The third-order valence-electron chi connectivity index (χ3n) is 2.15. The molecule has 0 saturated carbocycles. The van der Waals surface area contributed by atoms with Crippen molar-refractivity contribution in [2.45, 2.75) is 10.9 Å². The molecule has 0 spiro atoms. The molecule has 0 fully saturated rings. The van der Waals surface area contributed by atoms with Gasteiger partial charge in [0.15, 0.2) is 0 Å². The summed E-state index contributed by atoms with van der Waals surface area (Å²) in [5.74, 6) is 1.09. The minimum atomic E-state index is 0.342. The van der Waals surface area contributed by atoms with Gasteiger partial charge in [-0.3, -0.25) is 0 Å². The first kappa shape index (κ1) is 11.7. The molecular weight excluding hydrogens is 286 g/mol. The van der Waals surface area contributed by atoms with Gasteiger partial charge in [0.25, 0.3) is 0 Å². The van der Waals surface area contributed by atoms with Crippen molar-refractivity contribution in [3.63, 3.8) is 0 Å². The fourth-order valence-corrected chi connectivity index (χ4v) is 3.69. The number of nitrogens with one attached hydrogen (secondary N) is 1. The van der Waals surface area contributed by atoms with Crippen LogP contribution in [0.3, 0.4) is 0 Å². The molecule has 8 heteroatoms. The van der Waals surface area contributed by atoms with Gasteiger partial charge in [-0.25, -0.2) is 10.1 Å². The minimum absolute atomic E-state index is 0.342. The van der Waals surface area contributed by atoms with Gasteiger partial charge < -0.3 is 5.73 Å². The van der Waals surface area contributed by atoms with Crippen molar-refractivity contribution in [1.29, 1.82) is 0 Å². The number of anilines is 1. The average molecular weight is 295 g/mol. The second-order valence-electron chi connectivity index (χ2n) is 3.45. The maximum atomic E-state index is 5.46. The van der Waals surface area contributed by atoms with E-state index in [1.54, 1.807) is 22.7 Å². The summed E-state index contributed by atoms with van der Waals surface area (Å²) < 4.78 is 0. The topological polar surface area (TPSA) is 80.5 Å². The number of nitrogen functional groups attached to an aromatic ring is 1. The number of nitrogens with zero attached hydrogens (tertiary/aromatic N) is 3. The molecule has 18 heavy (non-hydrogen) atoms. The molecule has 0 aliphatic carbocycles. The first-order valence-corrected chi connectivity index (χ1v) is 7.90. The van der Waals surface area contributed by atoms with Gasteiger partial charge in [-0.05, 0) is 11.4 Å². The molecule has 0 unspecified atom stereocenters. The first-order chi connectivity index (χ1) is 8.81. The number of aromatic nitrogens is 4. The predicted molar refractivity (Wildman–Crippen MR) is 75.8 cm³/mol. The van der Waals surface area contributed by atoms with Crippen LogP contribution < -0.4 is 5.73 Å². The van der Waals surface area contributed by atoms with Gasteiger partial charge in [-0.2, -0.15) is 16.3 Å². The largest absolute Gasteiger partial charge is 0.368 e. The summed E-state index contributed by atoms with van der Waals surface area (Å²) >= 11 is 4.85. The lowest BCUT2D eigenvalue weighted by Gasteiger charge is -1.92. The Morgan fingerprint density at radius 3 is 3.00 bits per heavy atom. The summed E-state index contributed by atoms with van der Waals surface area (Å²) in [6.07, 6.45) is 0. The van der Waals surface area contributed by atoms with Crippen LogP contribution in [0, 0.1) is 0 Å². The van der Waals surface area contributed by atoms with Crippen LogP contribution >= 0.6 is 34.4 Å². The lowest BCUT2D eigenvalue weighted by atomic mass is 10.4. The van der Waals surface area contributed by atoms with E-state index in [9.17, 15) is 0 Å². The van der Waals surface area contributed by atoms with Crippen molar-refractivity contribution < 1.29 is 0 Å². The van der Waals surface area contributed by atoms with E-state index in [1.807, 2.05) is 0 Å². The molecule has 5 nitrogen and oxygen atoms in total. The highest BCUT2D eigenvalue weighted by Crippen LogP contribution is 2.28. The van der Waals surface area contributed by atoms with Crippen LogP contribution in [0.25, 0.3) is 10.6 Å². The molecule has 3 heterocycles. The van der Waals surface area contributed by atoms with Gasteiger partial charge in [0.05, 0.1) is 5.69 Å². The highest BCUT2D eigenvalue weighted by molar-refractivity contribution is 7.98. The maximum absolute atomic E-state index is 5.46. The highest BCUT2D eigenvalue weighted by Gasteiger charge is 2.07. The Hall–Kier alpha value is -1.38. The van der Waals surface area contributed by atoms with E-state index in [0.29, 0.717) is 11.1 Å². The van der Waals surface area contributed by atoms with Crippen LogP contribution in [0.2, 0.25) is 0 Å². The molecule has 3 aromatic rings. The Bertz CT molecular complexity index is 628. The summed E-state index contributed by atoms with van der Waals surface area (Å²) in [5.41, 5.74) is 7.68. The molecule has 0 amide bonds. The van der Waals surface area contributed by atoms with Gasteiger partial charge >= 0.3 is 0 Å². The van der Waals surface area contributed by atoms with E-state index in [-0.39, 0.29) is 0 Å². The van der Waals surface area contributed by atoms with Crippen molar-refractivity contribution in [3.05, 3.63) is 27.9 Å². The Morgan fingerprint density at radius 1 is 1.33 bits per heavy atom. The Kier molecular flexibility index (Phi) is 3.31. The standard InChI is InChI=1S/C10H9N5S3/c11-9-13-10(15-14-9)18-5-7-4-17-8(12-7)6-1-2-16-3-6/h1-4H,5H2,(H3,11,13,14,15). The number of nitrogens with two attached hydrogens (primary N) is 1. The number of thioether (sulfide) groups is 1. The van der Waals surface area contributed by atoms with Crippen LogP contribution in [-0.4, -0.2) is 20.2 Å². The maximum Gasteiger partial charge on any atom is 0.216 e. The Labute approximate surface area is 115 Å². The summed E-state index contributed by atoms with van der Waals surface area (Å²) in [6.45, 7) is 0. The number of thiazole rings is 1. The van der Waals surface area contributed by atoms with Crippen LogP contribution in [0.15, 0.2) is 27.4 Å². The zero-order valence-corrected chi connectivity index (χ0v) is 11.6. The molecule has 0 atom stereocenters. The second kappa shape index (κ2) is 5.09. The van der Waals surface area contributed by atoms with Crippen LogP contribution in [0.5, 0.6) is 0 Å². The average Bonchev–Trinajstić information content (AvgIpc) is 3.07. The van der Waals surface area contributed by atoms with Crippen LogP contribution in [-0.2, 0) is 5.75 Å². The number of rotatable bonds is 4. The molecule has 0 aromatic carbocycles. The Balaban J connectivity index is 1.67. The van der Waals surface area contributed by atoms with Crippen LogP contribution in [0.4, 0.5) is 5.95 Å². The van der Waals surface area contributed by atoms with E-state index >= 15 is 0 Å². The predicted octanol–water partition coefficient (Wildman–Crippen LogP) is 2.86. The number of H-pyrrole nitrogens is 1. The summed E-state index contributed by atoms with van der Waals surface area (Å²) in [6, 6.07) is 2.08. The normalized spacial score (nSPS) is 10.9. The molecule has 0 saturated heterocycles. The van der Waals surface area contributed by atoms with Crippen molar-refractivity contribution >= 4 is 40.4 Å². The molecule has 0 aliphatic heterocycles. The molecule has 0 radical (unpaired) electrons. The molecule has 92 valence electrons. The van der Waals surface area contributed by atoms with Gasteiger partial charge in [-0.1, -0.05) is 11.8 Å². The summed E-state index contributed by atoms with van der Waals surface area (Å²) in [7, 11) is 0. The number of thiophene rings is 1. The Morgan fingerprint density at radius 2 is 2.28 bits per heavy atom. The van der Waals surface area contributed by atoms with E-state index in [2.05, 4.69) is 42.4 Å². The first-order valence-electron chi connectivity index (χ1n) is 5.09. The van der Waals surface area contributed by atoms with E-state index < -0.39 is 0 Å². The van der Waals surface area contributed by atoms with E-state index in [0.717, 1.165) is 16.5 Å². The van der Waals surface area contributed by atoms with Crippen molar-refractivity contribution in [2.24, 2.45) is 0 Å². The lowest BCUT2D eigenvalue weighted by molar-refractivity contribution is 0.972. The smallest absolute Gasteiger partial charge is 0.216 e. The minimum Gasteiger partial charge on any atom is -0.368 e. The third-order valence-corrected chi connectivity index (χ3v) is 4.66. The van der Waals surface area contributed by atoms with Crippen LogP contribution in [0.1, 0.15) is 5.69 Å². The SMILES string of the molecule is Nc1nc(SCc2csc(-c3ccsc3)n2)n[nH]1. The zero-order chi connectivity index (χ0) is 12.4. The molecule has 3 aromatic heterocycles. The number of aromatic amines is 1. The zero-order valence-electron chi connectivity index (χ0n) is 9.16. The third kappa shape index (κ3) is 2.55. The monoisotopic (exact) mass is 295 g/mol. The highest BCUT2D eigenvalue weighted by atomic mass is 32.2. The van der Waals surface area contributed by atoms with Crippen molar-refractivity contribution in [1.82, 2.24) is 20.2 Å². The van der Waals surface area contributed by atoms with Gasteiger partial charge in [0, 0.05) is 22.1 Å². The van der Waals surface area contributed by atoms with Crippen molar-refractivity contribution in [3.8, 4) is 10.6 Å². The fourth-order valence-electron chi connectivity index (χ4n) is 1.35. The lowest BCUT2D eigenvalue weighted by Crippen LogP contribution is -1.85. The molecule has 0 bridgehead atoms. The number of hydrogen-bond donors (Lipinski definition) is 2. The molecule has 0 aliphatic rings. The van der Waals surface area contributed by atoms with Gasteiger partial charge in [0.2, 0.25) is 11.1 Å². The quantitative estimate of drug-likeness (QED) is 0.723. The van der Waals surface area contributed by atoms with Crippen molar-refractivity contribution in [2.75, 3.05) is 5.73 Å². The molecule has 3 N–H and O–H groups in total. The second-order valence-corrected chi connectivity index (χ2v) is 6.03. The van der Waals surface area contributed by atoms with Gasteiger partial charge in [-0.15, -0.1) is 16.4 Å². The molecule has 3 rings (SSSR count). The summed E-state index contributed by atoms with van der Waals surface area (Å²) in [5, 5.41) is 14.5. The number of hydrogen-bond acceptors (Lipinski definition) is 7. The summed E-state index contributed by atoms with van der Waals surface area (Å²) in [4.78, 5) is 8.62.